The van der Waals surface area contributed by atoms with E-state index >= 15 is 0 Å². The maximum Gasteiger partial charge on any atom is 0.302 e. The largest absolute Gasteiger partial charge is 0.464 e. The van der Waals surface area contributed by atoms with E-state index in [1.807, 2.05) is 0 Å². The Balaban J connectivity index is 2.07. The lowest BCUT2D eigenvalue weighted by Gasteiger charge is -2.36. The molecule has 1 aromatic heterocycles. The van der Waals surface area contributed by atoms with Gasteiger partial charge in [-0.15, -0.1) is 22.9 Å². The molecule has 0 bridgehead atoms. The summed E-state index contributed by atoms with van der Waals surface area (Å²) in [4.78, 5) is 55.1. The molecule has 3 N–H and O–H groups in total. The van der Waals surface area contributed by atoms with Gasteiger partial charge in [0.2, 0.25) is 11.8 Å². The monoisotopic (exact) mass is 417 g/mol. The van der Waals surface area contributed by atoms with Crippen molar-refractivity contribution in [1.29, 1.82) is 0 Å². The van der Waals surface area contributed by atoms with Crippen LogP contribution >= 0.6 is 22.9 Å². The predicted molar refractivity (Wildman–Crippen MR) is 95.5 cm³/mol. The van der Waals surface area contributed by atoms with Crippen LogP contribution in [0.3, 0.4) is 0 Å². The van der Waals surface area contributed by atoms with Gasteiger partial charge < -0.3 is 25.5 Å². The summed E-state index contributed by atoms with van der Waals surface area (Å²) in [6.45, 7) is 1.16. The molecule has 0 aromatic carbocycles. The van der Waals surface area contributed by atoms with Crippen molar-refractivity contribution in [2.75, 3.05) is 24.9 Å². The second-order valence-electron chi connectivity index (χ2n) is 5.21. The highest BCUT2D eigenvalue weighted by Gasteiger charge is 2.42. The van der Waals surface area contributed by atoms with Crippen molar-refractivity contribution in [3.8, 4) is 0 Å². The minimum absolute atomic E-state index is 0.0753. The summed E-state index contributed by atoms with van der Waals surface area (Å²) < 4.78 is 4.83. The second-order valence-corrected chi connectivity index (χ2v) is 6.34. The third kappa shape index (κ3) is 5.37. The van der Waals surface area contributed by atoms with Gasteiger partial charge in [0.05, 0.1) is 6.04 Å². The number of halogens is 1. The van der Waals surface area contributed by atoms with Gasteiger partial charge in [0, 0.05) is 12.3 Å². The van der Waals surface area contributed by atoms with Crippen molar-refractivity contribution in [3.05, 3.63) is 11.1 Å². The van der Waals surface area contributed by atoms with E-state index in [4.69, 9.17) is 16.3 Å². The van der Waals surface area contributed by atoms with E-state index in [9.17, 15) is 19.2 Å². The Kier molecular flexibility index (Phi) is 7.07. The minimum atomic E-state index is -0.895. The third-order valence-electron chi connectivity index (χ3n) is 3.28. The number of nitrogens with one attached hydrogen (secondary N) is 3. The lowest BCUT2D eigenvalue weighted by atomic mass is 9.99. The van der Waals surface area contributed by atoms with Crippen LogP contribution in [0.2, 0.25) is 0 Å². The van der Waals surface area contributed by atoms with E-state index in [2.05, 4.69) is 30.9 Å². The number of hydrogen-bond acceptors (Lipinski definition) is 9. The van der Waals surface area contributed by atoms with E-state index in [1.165, 1.54) is 19.4 Å². The van der Waals surface area contributed by atoms with Crippen LogP contribution in [0.15, 0.2) is 10.5 Å². The van der Waals surface area contributed by atoms with Gasteiger partial charge >= 0.3 is 5.97 Å². The first kappa shape index (κ1) is 20.6. The first-order valence-electron chi connectivity index (χ1n) is 7.53. The SMILES string of the molecule is CO/N=C(\C(=O)N[C@H]1C(=O)N[C@H]1COC(C)=O)c1csc(NC(=O)CCl)n1. The Morgan fingerprint density at radius 3 is 2.78 bits per heavy atom. The molecule has 1 aliphatic rings. The van der Waals surface area contributed by atoms with Crippen LogP contribution in [0.4, 0.5) is 5.13 Å². The van der Waals surface area contributed by atoms with Crippen LogP contribution < -0.4 is 16.0 Å². The van der Waals surface area contributed by atoms with Crippen molar-refractivity contribution in [3.63, 3.8) is 0 Å². The van der Waals surface area contributed by atoms with E-state index in [0.717, 1.165) is 11.3 Å². The number of amides is 3. The maximum absolute atomic E-state index is 12.5. The fraction of sp³-hybridized carbons (Fsp3) is 0.429. The number of alkyl halides is 1. The average molecular weight is 418 g/mol. The molecule has 1 saturated heterocycles. The molecule has 27 heavy (non-hydrogen) atoms. The van der Waals surface area contributed by atoms with Gasteiger partial charge in [-0.1, -0.05) is 5.16 Å². The molecule has 0 radical (unpaired) electrons. The van der Waals surface area contributed by atoms with Crippen LogP contribution in [0.1, 0.15) is 12.6 Å². The Bertz CT molecular complexity index is 782. The molecule has 1 fully saturated rings. The number of rotatable bonds is 8. The molecule has 13 heteroatoms. The van der Waals surface area contributed by atoms with E-state index in [-0.39, 0.29) is 29.0 Å². The molecule has 3 amide bonds. The Hall–Kier alpha value is -2.73. The molecule has 1 aromatic rings. The topological polar surface area (TPSA) is 148 Å². The smallest absolute Gasteiger partial charge is 0.302 e. The number of anilines is 1. The highest BCUT2D eigenvalue weighted by molar-refractivity contribution is 7.14. The average Bonchev–Trinajstić information content (AvgIpc) is 3.08. The van der Waals surface area contributed by atoms with E-state index in [0.29, 0.717) is 0 Å². The second kappa shape index (κ2) is 9.28. The fourth-order valence-electron chi connectivity index (χ4n) is 2.05. The summed E-state index contributed by atoms with van der Waals surface area (Å²) in [6.07, 6.45) is 0. The first-order chi connectivity index (χ1) is 12.8. The number of nitrogens with zero attached hydrogens (tertiary/aromatic N) is 2. The number of carbonyl (C=O) groups is 4. The molecule has 0 aliphatic carbocycles. The number of oxime groups is 1. The van der Waals surface area contributed by atoms with Gasteiger partial charge in [-0.2, -0.15) is 0 Å². The summed E-state index contributed by atoms with van der Waals surface area (Å²) >= 11 is 6.47. The number of thiazole rings is 1. The van der Waals surface area contributed by atoms with Crippen molar-refractivity contribution in [2.24, 2.45) is 5.16 Å². The Labute approximate surface area is 162 Å². The number of hydrogen-bond donors (Lipinski definition) is 3. The summed E-state index contributed by atoms with van der Waals surface area (Å²) in [7, 11) is 1.25. The Morgan fingerprint density at radius 2 is 2.19 bits per heavy atom. The normalized spacial score (nSPS) is 18.8. The summed E-state index contributed by atoms with van der Waals surface area (Å²) in [6, 6.07) is -1.45. The summed E-state index contributed by atoms with van der Waals surface area (Å²) in [5, 5.41) is 12.8. The minimum Gasteiger partial charge on any atom is -0.464 e. The quantitative estimate of drug-likeness (QED) is 0.165. The zero-order valence-electron chi connectivity index (χ0n) is 14.3. The predicted octanol–water partition coefficient (Wildman–Crippen LogP) is -0.783. The molecule has 146 valence electrons. The van der Waals surface area contributed by atoms with Crippen LogP contribution in [-0.4, -0.2) is 66.1 Å². The zero-order valence-corrected chi connectivity index (χ0v) is 15.8. The fourth-order valence-corrected chi connectivity index (χ4v) is 2.83. The highest BCUT2D eigenvalue weighted by Crippen LogP contribution is 2.17. The molecule has 0 unspecified atom stereocenters. The molecular formula is C14H16ClN5O6S. The number of esters is 1. The van der Waals surface area contributed by atoms with Crippen molar-refractivity contribution < 1.29 is 28.8 Å². The van der Waals surface area contributed by atoms with Gasteiger partial charge in [0.15, 0.2) is 10.8 Å². The standard InChI is InChI=1S/C14H16ClN5O6S/c1-6(21)26-4-7-10(12(23)16-7)19-13(24)11(20-25-2)8-5-27-14(17-8)18-9(22)3-15/h5,7,10H,3-4H2,1-2H3,(H,16,23)(H,19,24)(H,17,18,22)/b20-11-/t7-,10+/m0/s1. The maximum atomic E-state index is 12.5. The van der Waals surface area contributed by atoms with Gasteiger partial charge in [0.25, 0.3) is 5.91 Å². The number of ether oxygens (including phenoxy) is 1. The summed E-state index contributed by atoms with van der Waals surface area (Å²) in [5.41, 5.74) is -0.0495. The van der Waals surface area contributed by atoms with Gasteiger partial charge in [-0.05, 0) is 0 Å². The van der Waals surface area contributed by atoms with Crippen molar-refractivity contribution in [1.82, 2.24) is 15.6 Å². The molecule has 2 rings (SSSR count). The van der Waals surface area contributed by atoms with Gasteiger partial charge in [-0.25, -0.2) is 4.98 Å². The van der Waals surface area contributed by atoms with Gasteiger partial charge in [0.1, 0.15) is 31.3 Å². The van der Waals surface area contributed by atoms with Crippen molar-refractivity contribution >= 4 is 57.5 Å². The lowest BCUT2D eigenvalue weighted by Crippen LogP contribution is -2.71. The van der Waals surface area contributed by atoms with Crippen LogP contribution in [0.25, 0.3) is 0 Å². The number of β-lactam (4-membered cyclic amide) rings is 1. The molecule has 0 saturated carbocycles. The van der Waals surface area contributed by atoms with Crippen LogP contribution in [-0.2, 0) is 28.8 Å². The van der Waals surface area contributed by atoms with Gasteiger partial charge in [-0.3, -0.25) is 19.2 Å². The number of carbonyl (C=O) groups excluding carboxylic acids is 4. The molecule has 0 spiro atoms. The lowest BCUT2D eigenvalue weighted by molar-refractivity contribution is -0.147. The van der Waals surface area contributed by atoms with E-state index < -0.39 is 35.8 Å². The molecule has 1 aliphatic heterocycles. The molecule has 2 heterocycles. The van der Waals surface area contributed by atoms with Crippen molar-refractivity contribution in [2.45, 2.75) is 19.0 Å². The molecular weight excluding hydrogens is 402 g/mol. The molecule has 2 atom stereocenters. The zero-order chi connectivity index (χ0) is 20.0. The summed E-state index contributed by atoms with van der Waals surface area (Å²) in [5.74, 6) is -2.34. The Morgan fingerprint density at radius 1 is 1.44 bits per heavy atom. The van der Waals surface area contributed by atoms with Crippen LogP contribution in [0.5, 0.6) is 0 Å². The third-order valence-corrected chi connectivity index (χ3v) is 4.28. The number of aromatic nitrogens is 1. The highest BCUT2D eigenvalue weighted by atomic mass is 35.5. The van der Waals surface area contributed by atoms with Crippen LogP contribution in [0, 0.1) is 0 Å². The van der Waals surface area contributed by atoms with E-state index in [1.54, 1.807) is 0 Å². The molecule has 11 nitrogen and oxygen atoms in total. The first-order valence-corrected chi connectivity index (χ1v) is 8.94.